The van der Waals surface area contributed by atoms with Crippen molar-refractivity contribution >= 4 is 11.6 Å². The van der Waals surface area contributed by atoms with Gasteiger partial charge in [-0.2, -0.15) is 5.26 Å². The topological polar surface area (TPSA) is 87.2 Å². The normalized spacial score (nSPS) is 11.5. The van der Waals surface area contributed by atoms with E-state index in [2.05, 4.69) is 6.07 Å². The highest BCUT2D eigenvalue weighted by molar-refractivity contribution is 5.77. The Hall–Kier alpha value is -2.42. The van der Waals surface area contributed by atoms with Crippen molar-refractivity contribution in [2.24, 2.45) is 0 Å². The average molecular weight is 303 g/mol. The van der Waals surface area contributed by atoms with E-state index in [1.54, 1.807) is 17.0 Å². The van der Waals surface area contributed by atoms with Crippen molar-refractivity contribution in [1.29, 1.82) is 5.26 Å². The summed E-state index contributed by atoms with van der Waals surface area (Å²) in [6, 6.07) is 7.93. The summed E-state index contributed by atoms with van der Waals surface area (Å²) in [6.07, 6.45) is 1.86. The third-order valence-corrected chi connectivity index (χ3v) is 3.38. The molecule has 0 saturated heterocycles. The fourth-order valence-corrected chi connectivity index (χ4v) is 2.27. The molecule has 0 radical (unpaired) electrons. The minimum atomic E-state index is -0.579. The molecule has 0 aliphatic heterocycles. The molecule has 1 unspecified atom stereocenters. The summed E-state index contributed by atoms with van der Waals surface area (Å²) < 4.78 is 0. The Morgan fingerprint density at radius 1 is 1.27 bits per heavy atom. The largest absolute Gasteiger partial charge is 0.343 e. The highest BCUT2D eigenvalue weighted by Gasteiger charge is 2.20. The van der Waals surface area contributed by atoms with E-state index in [9.17, 15) is 20.2 Å². The molecule has 0 aliphatic carbocycles. The number of amides is 1. The molecule has 0 spiro atoms. The van der Waals surface area contributed by atoms with Gasteiger partial charge in [-0.25, -0.2) is 0 Å². The van der Waals surface area contributed by atoms with Gasteiger partial charge in [0.15, 0.2) is 0 Å². The van der Waals surface area contributed by atoms with Crippen molar-refractivity contribution in [3.63, 3.8) is 0 Å². The molecule has 0 N–H and O–H groups in total. The molecule has 1 aromatic carbocycles. The smallest absolute Gasteiger partial charge is 0.269 e. The van der Waals surface area contributed by atoms with E-state index in [0.29, 0.717) is 18.7 Å². The van der Waals surface area contributed by atoms with E-state index in [1.807, 2.05) is 13.8 Å². The summed E-state index contributed by atoms with van der Waals surface area (Å²) in [4.78, 5) is 24.2. The van der Waals surface area contributed by atoms with Gasteiger partial charge in [0, 0.05) is 31.6 Å². The van der Waals surface area contributed by atoms with Gasteiger partial charge < -0.3 is 4.90 Å². The van der Waals surface area contributed by atoms with Crippen LogP contribution in [0.15, 0.2) is 24.3 Å². The maximum atomic E-state index is 12.3. The lowest BCUT2D eigenvalue weighted by atomic mass is 9.96. The molecule has 1 aromatic rings. The quantitative estimate of drug-likeness (QED) is 0.545. The van der Waals surface area contributed by atoms with Crippen molar-refractivity contribution in [2.45, 2.75) is 39.0 Å². The Morgan fingerprint density at radius 3 is 2.23 bits per heavy atom. The standard InChI is InChI=1S/C16H21N3O3/c1-3-9-18(10-4-2)16(20)11-14(12-17)13-5-7-15(8-6-13)19(21)22/h5-8,14H,3-4,9-11H2,1-2H3. The van der Waals surface area contributed by atoms with Crippen LogP contribution in [0, 0.1) is 21.4 Å². The van der Waals surface area contributed by atoms with E-state index >= 15 is 0 Å². The predicted octanol–water partition coefficient (Wildman–Crippen LogP) is 3.24. The Balaban J connectivity index is 2.81. The Labute approximate surface area is 130 Å². The van der Waals surface area contributed by atoms with Crippen LogP contribution < -0.4 is 0 Å². The van der Waals surface area contributed by atoms with Crippen LogP contribution in [-0.2, 0) is 4.79 Å². The molecule has 6 heteroatoms. The minimum Gasteiger partial charge on any atom is -0.343 e. The molecular formula is C16H21N3O3. The number of nitriles is 1. The zero-order chi connectivity index (χ0) is 16.5. The second kappa shape index (κ2) is 8.78. The molecular weight excluding hydrogens is 282 g/mol. The molecule has 6 nitrogen and oxygen atoms in total. The first kappa shape index (κ1) is 17.6. The number of nitro groups is 1. The number of hydrogen-bond acceptors (Lipinski definition) is 4. The first-order valence-electron chi connectivity index (χ1n) is 7.45. The second-order valence-electron chi connectivity index (χ2n) is 5.12. The molecule has 1 atom stereocenters. The van der Waals surface area contributed by atoms with Gasteiger partial charge in [0.25, 0.3) is 5.69 Å². The molecule has 0 aromatic heterocycles. The molecule has 0 heterocycles. The highest BCUT2D eigenvalue weighted by Crippen LogP contribution is 2.22. The van der Waals surface area contributed by atoms with Gasteiger partial charge in [0.05, 0.1) is 16.9 Å². The third-order valence-electron chi connectivity index (χ3n) is 3.38. The van der Waals surface area contributed by atoms with Crippen LogP contribution in [0.3, 0.4) is 0 Å². The Bertz CT molecular complexity index is 543. The van der Waals surface area contributed by atoms with Crippen LogP contribution in [0.5, 0.6) is 0 Å². The van der Waals surface area contributed by atoms with Crippen LogP contribution >= 0.6 is 0 Å². The van der Waals surface area contributed by atoms with Crippen LogP contribution in [-0.4, -0.2) is 28.8 Å². The van der Waals surface area contributed by atoms with Crippen LogP contribution in [0.1, 0.15) is 44.6 Å². The molecule has 1 rings (SSSR count). The monoisotopic (exact) mass is 303 g/mol. The van der Waals surface area contributed by atoms with Crippen molar-refractivity contribution in [1.82, 2.24) is 4.90 Å². The number of nitro benzene ring substituents is 1. The number of rotatable bonds is 8. The number of carbonyl (C=O) groups excluding carboxylic acids is 1. The summed E-state index contributed by atoms with van der Waals surface area (Å²) in [6.45, 7) is 5.39. The van der Waals surface area contributed by atoms with Gasteiger partial charge in [-0.05, 0) is 18.4 Å². The summed E-state index contributed by atoms with van der Waals surface area (Å²) in [7, 11) is 0. The van der Waals surface area contributed by atoms with Gasteiger partial charge in [-0.1, -0.05) is 26.0 Å². The number of hydrogen-bond donors (Lipinski definition) is 0. The lowest BCUT2D eigenvalue weighted by Gasteiger charge is -2.22. The molecule has 0 fully saturated rings. The summed E-state index contributed by atoms with van der Waals surface area (Å²) in [5, 5.41) is 19.9. The molecule has 22 heavy (non-hydrogen) atoms. The number of carbonyl (C=O) groups is 1. The summed E-state index contributed by atoms with van der Waals surface area (Å²) in [5.41, 5.74) is 0.611. The fraction of sp³-hybridized carbons (Fsp3) is 0.500. The number of non-ortho nitro benzene ring substituents is 1. The Morgan fingerprint density at radius 2 is 1.82 bits per heavy atom. The second-order valence-corrected chi connectivity index (χ2v) is 5.12. The zero-order valence-electron chi connectivity index (χ0n) is 13.0. The van der Waals surface area contributed by atoms with E-state index in [1.165, 1.54) is 12.1 Å². The van der Waals surface area contributed by atoms with Gasteiger partial charge in [0.1, 0.15) is 0 Å². The number of benzene rings is 1. The third kappa shape index (κ3) is 4.85. The molecule has 118 valence electrons. The molecule has 0 aliphatic rings. The Kier molecular flexibility index (Phi) is 7.03. The first-order chi connectivity index (χ1) is 10.5. The molecule has 1 amide bonds. The lowest BCUT2D eigenvalue weighted by molar-refractivity contribution is -0.384. The summed E-state index contributed by atoms with van der Waals surface area (Å²) in [5.74, 6) is -0.627. The minimum absolute atomic E-state index is 0.0228. The van der Waals surface area contributed by atoms with Crippen molar-refractivity contribution < 1.29 is 9.72 Å². The SMILES string of the molecule is CCCN(CCC)C(=O)CC(C#N)c1ccc([N+](=O)[O-])cc1. The summed E-state index contributed by atoms with van der Waals surface area (Å²) >= 11 is 0. The van der Waals surface area contributed by atoms with Crippen molar-refractivity contribution in [3.8, 4) is 6.07 Å². The van der Waals surface area contributed by atoms with Gasteiger partial charge in [-0.15, -0.1) is 0 Å². The van der Waals surface area contributed by atoms with E-state index in [-0.39, 0.29) is 18.0 Å². The number of nitrogens with zero attached hydrogens (tertiary/aromatic N) is 3. The average Bonchev–Trinajstić information content (AvgIpc) is 2.52. The fourth-order valence-electron chi connectivity index (χ4n) is 2.27. The van der Waals surface area contributed by atoms with E-state index < -0.39 is 10.8 Å². The first-order valence-corrected chi connectivity index (χ1v) is 7.45. The van der Waals surface area contributed by atoms with Gasteiger partial charge in [0.2, 0.25) is 5.91 Å². The van der Waals surface area contributed by atoms with Gasteiger partial charge in [-0.3, -0.25) is 14.9 Å². The maximum absolute atomic E-state index is 12.3. The zero-order valence-corrected chi connectivity index (χ0v) is 13.0. The van der Waals surface area contributed by atoms with Crippen LogP contribution in [0.25, 0.3) is 0 Å². The van der Waals surface area contributed by atoms with Crippen molar-refractivity contribution in [3.05, 3.63) is 39.9 Å². The lowest BCUT2D eigenvalue weighted by Crippen LogP contribution is -2.33. The highest BCUT2D eigenvalue weighted by atomic mass is 16.6. The van der Waals surface area contributed by atoms with Crippen molar-refractivity contribution in [2.75, 3.05) is 13.1 Å². The van der Waals surface area contributed by atoms with Crippen LogP contribution in [0.4, 0.5) is 5.69 Å². The predicted molar refractivity (Wildman–Crippen MR) is 83.2 cm³/mol. The van der Waals surface area contributed by atoms with Crippen LogP contribution in [0.2, 0.25) is 0 Å². The molecule has 0 bridgehead atoms. The molecule has 0 saturated carbocycles. The maximum Gasteiger partial charge on any atom is 0.269 e. The van der Waals surface area contributed by atoms with E-state index in [0.717, 1.165) is 12.8 Å². The van der Waals surface area contributed by atoms with Gasteiger partial charge >= 0.3 is 0 Å². The van der Waals surface area contributed by atoms with E-state index in [4.69, 9.17) is 0 Å².